The van der Waals surface area contributed by atoms with Crippen molar-refractivity contribution < 1.29 is 17.9 Å². The van der Waals surface area contributed by atoms with Gasteiger partial charge in [-0.15, -0.1) is 0 Å². The quantitative estimate of drug-likeness (QED) is 0.904. The highest BCUT2D eigenvalue weighted by Gasteiger charge is 2.47. The molecule has 7 heteroatoms. The largest absolute Gasteiger partial charge is 0.486 e. The minimum Gasteiger partial charge on any atom is -0.486 e. The summed E-state index contributed by atoms with van der Waals surface area (Å²) in [6.45, 7) is 0.885. The van der Waals surface area contributed by atoms with Gasteiger partial charge in [0, 0.05) is 11.1 Å². The summed E-state index contributed by atoms with van der Waals surface area (Å²) in [6, 6.07) is 11.9. The smallest absolute Gasteiger partial charge is 0.241 e. The third kappa shape index (κ3) is 2.85. The van der Waals surface area contributed by atoms with Crippen LogP contribution in [0, 0.1) is 0 Å². The standard InChI is InChI=1S/C17H16ClNO4S/c18-13-3-1-12(2-4-13)17(7-8-17)19-24(20,21)14-5-6-15-16(11-14)23-10-9-22-15/h1-6,11,19H,7-10H2. The molecule has 0 radical (unpaired) electrons. The van der Waals surface area contributed by atoms with Crippen LogP contribution in [0.1, 0.15) is 18.4 Å². The van der Waals surface area contributed by atoms with E-state index in [0.717, 1.165) is 18.4 Å². The van der Waals surface area contributed by atoms with Crippen LogP contribution < -0.4 is 14.2 Å². The first-order valence-electron chi connectivity index (χ1n) is 7.68. The van der Waals surface area contributed by atoms with Gasteiger partial charge in [0.15, 0.2) is 11.5 Å². The third-order valence-corrected chi connectivity index (χ3v) is 6.09. The van der Waals surface area contributed by atoms with Crippen molar-refractivity contribution >= 4 is 21.6 Å². The molecule has 4 rings (SSSR count). The molecule has 0 atom stereocenters. The maximum absolute atomic E-state index is 12.8. The number of ether oxygens (including phenoxy) is 2. The number of fused-ring (bicyclic) bond motifs is 1. The van der Waals surface area contributed by atoms with E-state index < -0.39 is 15.6 Å². The van der Waals surface area contributed by atoms with Crippen molar-refractivity contribution in [3.8, 4) is 11.5 Å². The topological polar surface area (TPSA) is 64.6 Å². The summed E-state index contributed by atoms with van der Waals surface area (Å²) in [5, 5.41) is 0.629. The predicted octanol–water partition coefficient (Wildman–Crippen LogP) is 3.08. The SMILES string of the molecule is O=S(=O)(NC1(c2ccc(Cl)cc2)CC1)c1ccc2c(c1)OCCO2. The van der Waals surface area contributed by atoms with E-state index in [1.807, 2.05) is 12.1 Å². The lowest BCUT2D eigenvalue weighted by atomic mass is 10.1. The van der Waals surface area contributed by atoms with Crippen molar-refractivity contribution in [1.29, 1.82) is 0 Å². The van der Waals surface area contributed by atoms with Gasteiger partial charge in [-0.2, -0.15) is 0 Å². The molecule has 1 heterocycles. The van der Waals surface area contributed by atoms with E-state index in [2.05, 4.69) is 4.72 Å². The first-order valence-corrected chi connectivity index (χ1v) is 9.54. The zero-order valence-electron chi connectivity index (χ0n) is 12.8. The summed E-state index contributed by atoms with van der Waals surface area (Å²) in [4.78, 5) is 0.173. The third-order valence-electron chi connectivity index (χ3n) is 4.30. The van der Waals surface area contributed by atoms with Gasteiger partial charge in [-0.1, -0.05) is 23.7 Å². The molecule has 0 bridgehead atoms. The molecule has 24 heavy (non-hydrogen) atoms. The van der Waals surface area contributed by atoms with Gasteiger partial charge >= 0.3 is 0 Å². The summed E-state index contributed by atoms with van der Waals surface area (Å²) in [6.07, 6.45) is 1.52. The zero-order chi connectivity index (χ0) is 16.8. The molecule has 1 fully saturated rings. The second-order valence-electron chi connectivity index (χ2n) is 6.00. The summed E-state index contributed by atoms with van der Waals surface area (Å²) in [7, 11) is -3.67. The second kappa shape index (κ2) is 5.65. The fourth-order valence-electron chi connectivity index (χ4n) is 2.85. The maximum atomic E-state index is 12.8. The van der Waals surface area contributed by atoms with Crippen LogP contribution in [0.15, 0.2) is 47.4 Å². The molecule has 0 aromatic heterocycles. The average Bonchev–Trinajstić information content (AvgIpc) is 3.35. The van der Waals surface area contributed by atoms with Crippen LogP contribution in [-0.2, 0) is 15.6 Å². The lowest BCUT2D eigenvalue weighted by Crippen LogP contribution is -2.34. The molecule has 2 aromatic carbocycles. The summed E-state index contributed by atoms with van der Waals surface area (Å²) < 4.78 is 39.3. The summed E-state index contributed by atoms with van der Waals surface area (Å²) >= 11 is 5.91. The van der Waals surface area contributed by atoms with Crippen molar-refractivity contribution in [3.05, 3.63) is 53.1 Å². The Hall–Kier alpha value is -1.76. The first-order chi connectivity index (χ1) is 11.5. The molecule has 1 aliphatic heterocycles. The van der Waals surface area contributed by atoms with Crippen LogP contribution >= 0.6 is 11.6 Å². The molecule has 2 aromatic rings. The van der Waals surface area contributed by atoms with Crippen molar-refractivity contribution in [1.82, 2.24) is 4.72 Å². The fraction of sp³-hybridized carbons (Fsp3) is 0.294. The molecule has 1 N–H and O–H groups in total. The van der Waals surface area contributed by atoms with Gasteiger partial charge in [0.2, 0.25) is 10.0 Å². The second-order valence-corrected chi connectivity index (χ2v) is 8.12. The van der Waals surface area contributed by atoms with E-state index in [1.54, 1.807) is 18.2 Å². The Bertz CT molecular complexity index is 876. The maximum Gasteiger partial charge on any atom is 0.241 e. The molecule has 1 aliphatic carbocycles. The number of hydrogen-bond donors (Lipinski definition) is 1. The minimum absolute atomic E-state index is 0.173. The van der Waals surface area contributed by atoms with Crippen LogP contribution in [0.3, 0.4) is 0 Å². The van der Waals surface area contributed by atoms with E-state index in [0.29, 0.717) is 29.7 Å². The number of hydrogen-bond acceptors (Lipinski definition) is 4. The molecule has 2 aliphatic rings. The molecule has 0 unspecified atom stereocenters. The molecule has 1 saturated carbocycles. The molecule has 5 nitrogen and oxygen atoms in total. The first kappa shape index (κ1) is 15.7. The minimum atomic E-state index is -3.67. The van der Waals surface area contributed by atoms with Crippen LogP contribution in [0.5, 0.6) is 11.5 Å². The van der Waals surface area contributed by atoms with Gasteiger partial charge in [-0.3, -0.25) is 0 Å². The normalized spacial score (nSPS) is 18.2. The van der Waals surface area contributed by atoms with Crippen LogP contribution in [-0.4, -0.2) is 21.6 Å². The van der Waals surface area contributed by atoms with E-state index in [9.17, 15) is 8.42 Å². The Balaban J connectivity index is 1.62. The zero-order valence-corrected chi connectivity index (χ0v) is 14.4. The summed E-state index contributed by atoms with van der Waals surface area (Å²) in [5.41, 5.74) is 0.379. The van der Waals surface area contributed by atoms with E-state index in [1.165, 1.54) is 12.1 Å². The van der Waals surface area contributed by atoms with E-state index in [-0.39, 0.29) is 4.90 Å². The highest BCUT2D eigenvalue weighted by molar-refractivity contribution is 7.89. The Kier molecular flexibility index (Phi) is 3.71. The molecule has 0 spiro atoms. The number of benzene rings is 2. The average molecular weight is 366 g/mol. The van der Waals surface area contributed by atoms with Crippen LogP contribution in [0.25, 0.3) is 0 Å². The highest BCUT2D eigenvalue weighted by atomic mass is 35.5. The molecular formula is C17H16ClNO4S. The van der Waals surface area contributed by atoms with E-state index in [4.69, 9.17) is 21.1 Å². The van der Waals surface area contributed by atoms with Crippen LogP contribution in [0.4, 0.5) is 0 Å². The van der Waals surface area contributed by atoms with Gasteiger partial charge in [0.05, 0.1) is 10.4 Å². The number of halogens is 1. The summed E-state index contributed by atoms with van der Waals surface area (Å²) in [5.74, 6) is 1.03. The Morgan fingerprint density at radius 2 is 1.62 bits per heavy atom. The van der Waals surface area contributed by atoms with Gasteiger partial charge < -0.3 is 9.47 Å². The monoisotopic (exact) mass is 365 g/mol. The molecule has 0 amide bonds. The van der Waals surface area contributed by atoms with Crippen molar-refractivity contribution in [2.24, 2.45) is 0 Å². The Morgan fingerprint density at radius 1 is 0.958 bits per heavy atom. The number of nitrogens with one attached hydrogen (secondary N) is 1. The molecular weight excluding hydrogens is 350 g/mol. The van der Waals surface area contributed by atoms with E-state index >= 15 is 0 Å². The van der Waals surface area contributed by atoms with Crippen molar-refractivity contribution in [2.45, 2.75) is 23.3 Å². The van der Waals surface area contributed by atoms with Crippen molar-refractivity contribution in [3.63, 3.8) is 0 Å². The predicted molar refractivity (Wildman–Crippen MR) is 90.1 cm³/mol. The Morgan fingerprint density at radius 3 is 2.29 bits per heavy atom. The van der Waals surface area contributed by atoms with Gasteiger partial charge in [0.25, 0.3) is 0 Å². The molecule has 0 saturated heterocycles. The number of sulfonamides is 1. The highest BCUT2D eigenvalue weighted by Crippen LogP contribution is 2.47. The van der Waals surface area contributed by atoms with Gasteiger partial charge in [0.1, 0.15) is 13.2 Å². The van der Waals surface area contributed by atoms with Crippen molar-refractivity contribution in [2.75, 3.05) is 13.2 Å². The fourth-order valence-corrected chi connectivity index (χ4v) is 4.44. The van der Waals surface area contributed by atoms with Gasteiger partial charge in [-0.05, 0) is 42.7 Å². The lowest BCUT2D eigenvalue weighted by molar-refractivity contribution is 0.171. The molecule has 126 valence electrons. The number of rotatable bonds is 4. The Labute approximate surface area is 145 Å². The van der Waals surface area contributed by atoms with Gasteiger partial charge in [-0.25, -0.2) is 13.1 Å². The lowest BCUT2D eigenvalue weighted by Gasteiger charge is -2.21. The van der Waals surface area contributed by atoms with Crippen LogP contribution in [0.2, 0.25) is 5.02 Å².